The summed E-state index contributed by atoms with van der Waals surface area (Å²) in [6.07, 6.45) is 3.81. The van der Waals surface area contributed by atoms with E-state index in [0.717, 1.165) is 55.5 Å². The summed E-state index contributed by atoms with van der Waals surface area (Å²) in [6.45, 7) is 8.72. The van der Waals surface area contributed by atoms with Crippen LogP contribution in [0, 0.1) is 31.1 Å². The van der Waals surface area contributed by atoms with Crippen LogP contribution in [0.2, 0.25) is 0 Å². The molecule has 51 heavy (non-hydrogen) atoms. The third-order valence-electron chi connectivity index (χ3n) is 9.56. The number of hydrogen-bond acceptors (Lipinski definition) is 10. The monoisotopic (exact) mass is 681 g/mol. The first-order valence-corrected chi connectivity index (χ1v) is 17.1. The summed E-state index contributed by atoms with van der Waals surface area (Å²) in [5.41, 5.74) is 9.95. The number of carbonyl (C=O) groups is 1. The first-order chi connectivity index (χ1) is 24.7. The summed E-state index contributed by atoms with van der Waals surface area (Å²) in [6, 6.07) is 22.2. The minimum absolute atomic E-state index is 0.366. The molecule has 0 aliphatic carbocycles. The van der Waals surface area contributed by atoms with Crippen molar-refractivity contribution in [1.29, 1.82) is 5.26 Å². The third kappa shape index (κ3) is 7.03. The minimum Gasteiger partial charge on any atom is -0.481 e. The van der Waals surface area contributed by atoms with E-state index in [2.05, 4.69) is 51.7 Å². The summed E-state index contributed by atoms with van der Waals surface area (Å²) in [5.74, 6) is -0.0414. The Kier molecular flexibility index (Phi) is 9.47. The van der Waals surface area contributed by atoms with Crippen LogP contribution < -0.4 is 10.6 Å². The molecule has 0 spiro atoms. The molecular weight excluding hydrogens is 642 g/mol. The van der Waals surface area contributed by atoms with Crippen LogP contribution in [0.15, 0.2) is 77.5 Å². The fraction of sp³-hybridized carbons (Fsp3) is 0.275. The van der Waals surface area contributed by atoms with Gasteiger partial charge in [0.2, 0.25) is 5.89 Å². The van der Waals surface area contributed by atoms with Crippen LogP contribution in [0.1, 0.15) is 41.2 Å². The number of carboxylic acid groups (broad SMARTS) is 1. The predicted molar refractivity (Wildman–Crippen MR) is 196 cm³/mol. The molecule has 1 fully saturated rings. The number of aromatic nitrogens is 3. The van der Waals surface area contributed by atoms with Gasteiger partial charge in [-0.3, -0.25) is 14.7 Å². The molecule has 0 saturated carbocycles. The molecular formula is C40H39N7O4. The first kappa shape index (κ1) is 33.8. The quantitative estimate of drug-likeness (QED) is 0.115. The Hall–Kier alpha value is -5.67. The molecule has 3 aromatic carbocycles. The van der Waals surface area contributed by atoms with Crippen LogP contribution in [0.4, 0.5) is 11.5 Å². The molecule has 0 amide bonds. The SMILES string of the molecule is Cc1c(Nc2nccc3cc(CNCC(C)O)cnc23)cccc1-c1cccc(-c2nc3cc(CN4CC[C@@H](C(=O)O)C4)cc(C#N)c3o2)c1C. The lowest BCUT2D eigenvalue weighted by atomic mass is 9.93. The molecule has 1 aliphatic heterocycles. The van der Waals surface area contributed by atoms with E-state index in [-0.39, 0.29) is 5.92 Å². The highest BCUT2D eigenvalue weighted by atomic mass is 16.4. The molecule has 0 radical (unpaired) electrons. The van der Waals surface area contributed by atoms with Crippen molar-refractivity contribution in [3.05, 3.63) is 101 Å². The predicted octanol–water partition coefficient (Wildman–Crippen LogP) is 6.71. The number of aliphatic hydroxyl groups excluding tert-OH is 1. The highest BCUT2D eigenvalue weighted by molar-refractivity contribution is 5.91. The highest BCUT2D eigenvalue weighted by Gasteiger charge is 2.28. The Balaban J connectivity index is 1.16. The molecule has 258 valence electrons. The Morgan fingerprint density at radius 2 is 1.84 bits per heavy atom. The zero-order valence-corrected chi connectivity index (χ0v) is 28.8. The number of benzene rings is 3. The normalized spacial score (nSPS) is 15.3. The smallest absolute Gasteiger partial charge is 0.307 e. The number of oxazole rings is 1. The maximum absolute atomic E-state index is 11.4. The summed E-state index contributed by atoms with van der Waals surface area (Å²) < 4.78 is 6.27. The number of hydrogen-bond donors (Lipinski definition) is 4. The third-order valence-corrected chi connectivity index (χ3v) is 9.56. The summed E-state index contributed by atoms with van der Waals surface area (Å²) >= 11 is 0. The fourth-order valence-corrected chi connectivity index (χ4v) is 6.89. The van der Waals surface area contributed by atoms with E-state index in [1.54, 1.807) is 13.1 Å². The van der Waals surface area contributed by atoms with Crippen LogP contribution in [0.3, 0.4) is 0 Å². The van der Waals surface area contributed by atoms with Gasteiger partial charge in [0.15, 0.2) is 11.4 Å². The number of nitrogens with zero attached hydrogens (tertiary/aromatic N) is 5. The van der Waals surface area contributed by atoms with Gasteiger partial charge in [-0.15, -0.1) is 0 Å². The summed E-state index contributed by atoms with van der Waals surface area (Å²) in [5, 5.41) is 36.7. The van der Waals surface area contributed by atoms with Crippen LogP contribution in [0.5, 0.6) is 0 Å². The van der Waals surface area contributed by atoms with Crippen molar-refractivity contribution in [1.82, 2.24) is 25.2 Å². The van der Waals surface area contributed by atoms with Gasteiger partial charge in [0.05, 0.1) is 17.6 Å². The second-order valence-corrected chi connectivity index (χ2v) is 13.3. The minimum atomic E-state index is -0.768. The van der Waals surface area contributed by atoms with E-state index in [4.69, 9.17) is 14.4 Å². The molecule has 6 aromatic rings. The number of carboxylic acids is 1. The Bertz CT molecular complexity index is 2310. The van der Waals surface area contributed by atoms with Crippen molar-refractivity contribution in [2.75, 3.05) is 25.0 Å². The standard InChI is InChI=1S/C40H39N7O4/c1-23(48)18-42-19-27-15-28-10-12-43-38(36(28)44-20-27)45-34-9-5-7-32(25(34)3)31-6-4-8-33(24(31)2)39-46-35-16-26(14-30(17-41)37(35)51-39)21-47-13-11-29(22-47)40(49)50/h4-10,12,14-16,20,23,29,42,48H,11,13,18-19,21-22H2,1-3H3,(H,43,45)(H,49,50)/t23?,29-/m1/s1. The lowest BCUT2D eigenvalue weighted by molar-refractivity contribution is -0.141. The largest absolute Gasteiger partial charge is 0.481 e. The van der Waals surface area contributed by atoms with E-state index in [9.17, 15) is 20.3 Å². The van der Waals surface area contributed by atoms with E-state index >= 15 is 0 Å². The zero-order chi connectivity index (χ0) is 35.6. The van der Waals surface area contributed by atoms with Crippen molar-refractivity contribution in [3.63, 3.8) is 0 Å². The lowest BCUT2D eigenvalue weighted by Gasteiger charge is -2.16. The highest BCUT2D eigenvalue weighted by Crippen LogP contribution is 2.38. The second-order valence-electron chi connectivity index (χ2n) is 13.3. The fourth-order valence-electron chi connectivity index (χ4n) is 6.89. The molecule has 2 atom stereocenters. The number of pyridine rings is 2. The number of nitrogens with one attached hydrogen (secondary N) is 2. The van der Waals surface area contributed by atoms with Gasteiger partial charge in [-0.05, 0) is 104 Å². The van der Waals surface area contributed by atoms with Gasteiger partial charge in [-0.25, -0.2) is 9.97 Å². The number of likely N-dealkylation sites (tertiary alicyclic amines) is 1. The molecule has 4 N–H and O–H groups in total. The molecule has 1 aliphatic rings. The number of aliphatic hydroxyl groups is 1. The Morgan fingerprint density at radius 3 is 2.61 bits per heavy atom. The van der Waals surface area contributed by atoms with Crippen LogP contribution >= 0.6 is 0 Å². The molecule has 11 heteroatoms. The molecule has 0 bridgehead atoms. The molecule has 11 nitrogen and oxygen atoms in total. The van der Waals surface area contributed by atoms with E-state index in [0.29, 0.717) is 67.5 Å². The maximum Gasteiger partial charge on any atom is 0.307 e. The summed E-state index contributed by atoms with van der Waals surface area (Å²) in [7, 11) is 0. The van der Waals surface area contributed by atoms with Crippen molar-refractivity contribution < 1.29 is 19.4 Å². The van der Waals surface area contributed by atoms with E-state index < -0.39 is 12.1 Å². The maximum atomic E-state index is 11.4. The van der Waals surface area contributed by atoms with Crippen LogP contribution in [-0.4, -0.2) is 61.8 Å². The number of aliphatic carboxylic acids is 1. The molecule has 1 saturated heterocycles. The topological polar surface area (TPSA) is 160 Å². The van der Waals surface area contributed by atoms with Crippen molar-refractivity contribution >= 4 is 39.5 Å². The van der Waals surface area contributed by atoms with Crippen molar-refractivity contribution in [2.45, 2.75) is 46.4 Å². The zero-order valence-electron chi connectivity index (χ0n) is 28.8. The Labute approximate surface area is 295 Å². The number of rotatable bonds is 11. The lowest BCUT2D eigenvalue weighted by Crippen LogP contribution is -2.23. The number of fused-ring (bicyclic) bond motifs is 2. The van der Waals surface area contributed by atoms with Gasteiger partial charge in [0, 0.05) is 55.2 Å². The second kappa shape index (κ2) is 14.3. The number of anilines is 2. The average molecular weight is 682 g/mol. The molecule has 1 unspecified atom stereocenters. The molecule has 3 aromatic heterocycles. The van der Waals surface area contributed by atoms with Gasteiger partial charge >= 0.3 is 5.97 Å². The van der Waals surface area contributed by atoms with Gasteiger partial charge in [0.25, 0.3) is 0 Å². The molecule has 7 rings (SSSR count). The van der Waals surface area contributed by atoms with Crippen LogP contribution in [0.25, 0.3) is 44.6 Å². The van der Waals surface area contributed by atoms with Gasteiger partial charge in [-0.1, -0.05) is 24.3 Å². The number of nitriles is 1. The van der Waals surface area contributed by atoms with Gasteiger partial charge in [-0.2, -0.15) is 5.26 Å². The van der Waals surface area contributed by atoms with Crippen LogP contribution in [-0.2, 0) is 17.9 Å². The average Bonchev–Trinajstić information content (AvgIpc) is 3.77. The van der Waals surface area contributed by atoms with E-state index in [1.807, 2.05) is 55.6 Å². The van der Waals surface area contributed by atoms with E-state index in [1.165, 1.54) is 0 Å². The van der Waals surface area contributed by atoms with Gasteiger partial charge < -0.3 is 25.3 Å². The first-order valence-electron chi connectivity index (χ1n) is 17.1. The Morgan fingerprint density at radius 1 is 1.06 bits per heavy atom. The van der Waals surface area contributed by atoms with Crippen molar-refractivity contribution in [3.8, 4) is 28.7 Å². The van der Waals surface area contributed by atoms with Crippen molar-refractivity contribution in [2.24, 2.45) is 5.92 Å². The summed E-state index contributed by atoms with van der Waals surface area (Å²) in [4.78, 5) is 27.7. The molecule has 4 heterocycles. The van der Waals surface area contributed by atoms with Gasteiger partial charge in [0.1, 0.15) is 17.1 Å².